The number of benzene rings is 4. The van der Waals surface area contributed by atoms with E-state index in [1.165, 1.54) is 48.5 Å². The van der Waals surface area contributed by atoms with Crippen LogP contribution < -0.4 is 0 Å². The molecule has 4 atom stereocenters. The van der Waals surface area contributed by atoms with Gasteiger partial charge in [0.25, 0.3) is 0 Å². The molecule has 0 saturated heterocycles. The zero-order valence-electron chi connectivity index (χ0n) is 19.5. The molecule has 0 aliphatic rings. The van der Waals surface area contributed by atoms with Crippen molar-refractivity contribution in [3.8, 4) is 0 Å². The number of carbonyl (C=O) groups is 1. The second kappa shape index (κ2) is 10.1. The minimum Gasteiger partial charge on any atom is -0.394 e. The summed E-state index contributed by atoms with van der Waals surface area (Å²) in [5, 5.41) is 58.8. The van der Waals surface area contributed by atoms with Gasteiger partial charge in [-0.25, -0.2) is 0 Å². The Morgan fingerprint density at radius 2 is 1.00 bits per heavy atom. The lowest BCUT2D eigenvalue weighted by molar-refractivity contribution is -0.281. The molecule has 6 nitrogen and oxygen atoms in total. The minimum atomic E-state index is -2.89. The van der Waals surface area contributed by atoms with E-state index in [9.17, 15) is 30.3 Å². The van der Waals surface area contributed by atoms with Crippen molar-refractivity contribution in [1.82, 2.24) is 0 Å². The molecule has 0 aliphatic heterocycles. The fraction of sp³-hybridized carbons (Fsp3) is 0.167. The summed E-state index contributed by atoms with van der Waals surface area (Å²) in [5.41, 5.74) is -8.44. The quantitative estimate of drug-likeness (QED) is 0.233. The Hall–Kier alpha value is -3.65. The standard InChI is InChI=1S/C30H28O6/c31-21-26(32)28(34,23-15-7-2-8-16-23)30(36,25-19-11-4-12-20-25)29(35,24-17-9-3-10-18-24)27(33)22-13-5-1-6-14-22/h1-20,26,31-32,34-36H,21H2. The van der Waals surface area contributed by atoms with Crippen molar-refractivity contribution in [2.75, 3.05) is 6.61 Å². The highest BCUT2D eigenvalue weighted by Crippen LogP contribution is 2.54. The van der Waals surface area contributed by atoms with Crippen LogP contribution in [0.15, 0.2) is 121 Å². The Labute approximate surface area is 209 Å². The van der Waals surface area contributed by atoms with E-state index in [0.717, 1.165) is 0 Å². The van der Waals surface area contributed by atoms with Crippen molar-refractivity contribution < 1.29 is 30.3 Å². The van der Waals surface area contributed by atoms with E-state index in [2.05, 4.69) is 0 Å². The summed E-state index contributed by atoms with van der Waals surface area (Å²) in [7, 11) is 0. The zero-order chi connectivity index (χ0) is 25.8. The number of carbonyl (C=O) groups excluding carboxylic acids is 1. The van der Waals surface area contributed by atoms with E-state index >= 15 is 0 Å². The van der Waals surface area contributed by atoms with Gasteiger partial charge in [0.1, 0.15) is 6.10 Å². The van der Waals surface area contributed by atoms with Gasteiger partial charge in [0, 0.05) is 5.56 Å². The third kappa shape index (κ3) is 3.86. The van der Waals surface area contributed by atoms with Gasteiger partial charge >= 0.3 is 0 Å². The highest BCUT2D eigenvalue weighted by molar-refractivity contribution is 6.04. The first kappa shape index (κ1) is 25.4. The van der Waals surface area contributed by atoms with Crippen LogP contribution in [0.25, 0.3) is 0 Å². The van der Waals surface area contributed by atoms with Gasteiger partial charge in [-0.05, 0) is 16.7 Å². The number of aliphatic hydroxyl groups is 5. The first-order chi connectivity index (χ1) is 17.3. The second-order valence-corrected chi connectivity index (χ2v) is 8.68. The Morgan fingerprint density at radius 3 is 1.44 bits per heavy atom. The van der Waals surface area contributed by atoms with Gasteiger partial charge in [-0.15, -0.1) is 0 Å². The third-order valence-electron chi connectivity index (χ3n) is 6.69. The molecule has 6 heteroatoms. The smallest absolute Gasteiger partial charge is 0.202 e. The van der Waals surface area contributed by atoms with Crippen LogP contribution in [-0.4, -0.2) is 44.0 Å². The van der Waals surface area contributed by atoms with E-state index in [4.69, 9.17) is 0 Å². The summed E-state index contributed by atoms with van der Waals surface area (Å²) < 4.78 is 0. The Balaban J connectivity index is 2.16. The fourth-order valence-electron chi connectivity index (χ4n) is 4.83. The maximum atomic E-state index is 14.2. The number of hydrogen-bond acceptors (Lipinski definition) is 6. The molecule has 0 aliphatic carbocycles. The summed E-state index contributed by atoms with van der Waals surface area (Å²) in [6.07, 6.45) is -2.00. The third-order valence-corrected chi connectivity index (χ3v) is 6.69. The molecule has 0 bridgehead atoms. The van der Waals surface area contributed by atoms with Crippen molar-refractivity contribution >= 4 is 5.78 Å². The lowest BCUT2D eigenvalue weighted by Crippen LogP contribution is -2.69. The summed E-state index contributed by atoms with van der Waals surface area (Å²) in [6.45, 7) is -0.967. The Kier molecular flexibility index (Phi) is 7.17. The molecule has 5 N–H and O–H groups in total. The molecule has 36 heavy (non-hydrogen) atoms. The predicted molar refractivity (Wildman–Crippen MR) is 135 cm³/mol. The van der Waals surface area contributed by atoms with E-state index in [1.807, 2.05) is 0 Å². The van der Waals surface area contributed by atoms with Crippen LogP contribution in [0.2, 0.25) is 0 Å². The molecule has 4 unspecified atom stereocenters. The monoisotopic (exact) mass is 484 g/mol. The highest BCUT2D eigenvalue weighted by Gasteiger charge is 2.69. The molecule has 184 valence electrons. The van der Waals surface area contributed by atoms with Crippen LogP contribution in [-0.2, 0) is 16.8 Å². The molecule has 4 aromatic carbocycles. The van der Waals surface area contributed by atoms with Gasteiger partial charge < -0.3 is 25.5 Å². The SMILES string of the molecule is O=C(c1ccccc1)C(O)(c1ccccc1)C(O)(c1ccccc1)C(O)(c1ccccc1)C(O)CO. The van der Waals surface area contributed by atoms with Crippen LogP contribution in [0.3, 0.4) is 0 Å². The molecule has 0 aromatic heterocycles. The molecular formula is C30H28O6. The van der Waals surface area contributed by atoms with Crippen LogP contribution in [0.1, 0.15) is 27.0 Å². The fourth-order valence-corrected chi connectivity index (χ4v) is 4.83. The molecule has 0 amide bonds. The molecular weight excluding hydrogens is 456 g/mol. The second-order valence-electron chi connectivity index (χ2n) is 8.68. The average molecular weight is 485 g/mol. The molecule has 4 rings (SSSR count). The number of Topliss-reactive ketones (excluding diaryl/α,β-unsaturated/α-hetero) is 1. The largest absolute Gasteiger partial charge is 0.394 e. The van der Waals surface area contributed by atoms with E-state index in [0.29, 0.717) is 0 Å². The van der Waals surface area contributed by atoms with Crippen molar-refractivity contribution in [3.05, 3.63) is 144 Å². The first-order valence-corrected chi connectivity index (χ1v) is 11.5. The highest BCUT2D eigenvalue weighted by atomic mass is 16.4. The average Bonchev–Trinajstić information content (AvgIpc) is 2.96. The molecule has 0 fully saturated rings. The number of hydrogen-bond donors (Lipinski definition) is 5. The van der Waals surface area contributed by atoms with Gasteiger partial charge in [0.2, 0.25) is 5.78 Å². The van der Waals surface area contributed by atoms with Crippen molar-refractivity contribution in [2.24, 2.45) is 0 Å². The lowest BCUT2D eigenvalue weighted by Gasteiger charge is -2.53. The summed E-state index contributed by atoms with van der Waals surface area (Å²) in [4.78, 5) is 14.2. The number of ketones is 1. The summed E-state index contributed by atoms with van der Waals surface area (Å²) in [5.74, 6) is -0.903. The normalized spacial score (nSPS) is 17.2. The molecule has 0 heterocycles. The maximum Gasteiger partial charge on any atom is 0.202 e. The van der Waals surface area contributed by atoms with Crippen LogP contribution in [0.4, 0.5) is 0 Å². The lowest BCUT2D eigenvalue weighted by atomic mass is 9.58. The molecule has 4 aromatic rings. The van der Waals surface area contributed by atoms with E-state index in [-0.39, 0.29) is 22.3 Å². The van der Waals surface area contributed by atoms with Crippen molar-refractivity contribution in [2.45, 2.75) is 22.9 Å². The van der Waals surface area contributed by atoms with Gasteiger partial charge in [-0.1, -0.05) is 121 Å². The number of rotatable bonds is 9. The van der Waals surface area contributed by atoms with Gasteiger partial charge in [-0.3, -0.25) is 4.79 Å². The predicted octanol–water partition coefficient (Wildman–Crippen LogP) is 2.89. The van der Waals surface area contributed by atoms with Crippen LogP contribution in [0.5, 0.6) is 0 Å². The maximum absolute atomic E-state index is 14.2. The van der Waals surface area contributed by atoms with Crippen LogP contribution in [0, 0.1) is 0 Å². The molecule has 0 spiro atoms. The van der Waals surface area contributed by atoms with Gasteiger partial charge in [0.15, 0.2) is 16.8 Å². The first-order valence-electron chi connectivity index (χ1n) is 11.5. The van der Waals surface area contributed by atoms with E-state index < -0.39 is 35.3 Å². The number of aliphatic hydroxyl groups excluding tert-OH is 2. The Bertz CT molecular complexity index is 1280. The van der Waals surface area contributed by atoms with Gasteiger partial charge in [-0.2, -0.15) is 0 Å². The minimum absolute atomic E-state index is 0.00637. The summed E-state index contributed by atoms with van der Waals surface area (Å²) in [6, 6.07) is 31.2. The van der Waals surface area contributed by atoms with Gasteiger partial charge in [0.05, 0.1) is 6.61 Å². The summed E-state index contributed by atoms with van der Waals surface area (Å²) >= 11 is 0. The van der Waals surface area contributed by atoms with Crippen molar-refractivity contribution in [3.63, 3.8) is 0 Å². The van der Waals surface area contributed by atoms with Crippen molar-refractivity contribution in [1.29, 1.82) is 0 Å². The zero-order valence-corrected chi connectivity index (χ0v) is 19.5. The van der Waals surface area contributed by atoms with Crippen LogP contribution >= 0.6 is 0 Å². The topological polar surface area (TPSA) is 118 Å². The van der Waals surface area contributed by atoms with E-state index in [1.54, 1.807) is 72.8 Å². The molecule has 0 saturated carbocycles. The Morgan fingerprint density at radius 1 is 0.611 bits per heavy atom. The molecule has 0 radical (unpaired) electrons.